The smallest absolute Gasteiger partial charge is 0.267 e. The molecule has 6 heteroatoms. The van der Waals surface area contributed by atoms with Crippen LogP contribution in [0, 0.1) is 11.8 Å². The number of H-pyrrole nitrogens is 1. The first-order valence-electron chi connectivity index (χ1n) is 8.55. The summed E-state index contributed by atoms with van der Waals surface area (Å²) in [6, 6.07) is 4.02. The van der Waals surface area contributed by atoms with Gasteiger partial charge in [0.2, 0.25) is 0 Å². The largest absolute Gasteiger partial charge is 0.393 e. The van der Waals surface area contributed by atoms with E-state index in [0.717, 1.165) is 50.9 Å². The molecule has 3 rings (SSSR count). The van der Waals surface area contributed by atoms with Crippen LogP contribution in [0.25, 0.3) is 0 Å². The molecule has 1 atom stereocenters. The third-order valence-corrected chi connectivity index (χ3v) is 5.22. The lowest BCUT2D eigenvalue weighted by Gasteiger charge is -2.43. The molecule has 1 aliphatic heterocycles. The number of amides is 1. The van der Waals surface area contributed by atoms with Crippen molar-refractivity contribution in [3.63, 3.8) is 0 Å². The molecule has 0 radical (unpaired) electrons. The van der Waals surface area contributed by atoms with Crippen LogP contribution in [0.3, 0.4) is 0 Å². The molecule has 0 bridgehead atoms. The number of aromatic amines is 1. The normalized spacial score (nSPS) is 26.0. The second-order valence-electron chi connectivity index (χ2n) is 6.72. The van der Waals surface area contributed by atoms with E-state index in [9.17, 15) is 9.90 Å². The number of rotatable bonds is 5. The number of nitrogens with one attached hydrogen (secondary N) is 3. The number of carbonyl (C=O) groups is 1. The van der Waals surface area contributed by atoms with Crippen molar-refractivity contribution < 1.29 is 9.90 Å². The van der Waals surface area contributed by atoms with E-state index < -0.39 is 0 Å². The number of hydrogen-bond acceptors (Lipinski definition) is 3. The van der Waals surface area contributed by atoms with E-state index in [4.69, 9.17) is 0 Å². The summed E-state index contributed by atoms with van der Waals surface area (Å²) in [7, 11) is 0. The maximum absolute atomic E-state index is 12.5. The standard InChI is InChI=1S/C17H27N3O2.ClH/c1-2-13-3-4-15(19-13)17(22)20-16(12-9-14(21)10-12)11-5-7-18-8-6-11;/h3-4,11-12,14,16,18-19,21H,2,5-10H2,1H3,(H,20,22);1H. The number of carbonyl (C=O) groups excluding carboxylic acids is 1. The maximum Gasteiger partial charge on any atom is 0.267 e. The summed E-state index contributed by atoms with van der Waals surface area (Å²) in [6.07, 6.45) is 4.56. The zero-order valence-corrected chi connectivity index (χ0v) is 14.5. The maximum atomic E-state index is 12.5. The van der Waals surface area contributed by atoms with Gasteiger partial charge in [-0.3, -0.25) is 4.79 Å². The Kier molecular flexibility index (Phi) is 6.50. The number of aryl methyl sites for hydroxylation is 1. The van der Waals surface area contributed by atoms with Gasteiger partial charge in [0.05, 0.1) is 6.10 Å². The van der Waals surface area contributed by atoms with Crippen molar-refractivity contribution in [3.05, 3.63) is 23.5 Å². The summed E-state index contributed by atoms with van der Waals surface area (Å²) < 4.78 is 0. The summed E-state index contributed by atoms with van der Waals surface area (Å²) in [6.45, 7) is 4.12. The summed E-state index contributed by atoms with van der Waals surface area (Å²) >= 11 is 0. The first-order chi connectivity index (χ1) is 10.7. The molecule has 0 spiro atoms. The molecule has 0 aromatic carbocycles. The van der Waals surface area contributed by atoms with Crippen LogP contribution in [0.1, 0.15) is 48.8 Å². The van der Waals surface area contributed by atoms with Crippen LogP contribution in [0.15, 0.2) is 12.1 Å². The first kappa shape index (κ1) is 18.3. The lowest BCUT2D eigenvalue weighted by molar-refractivity contribution is 0.00914. The highest BCUT2D eigenvalue weighted by Gasteiger charge is 2.39. The van der Waals surface area contributed by atoms with Crippen molar-refractivity contribution in [1.82, 2.24) is 15.6 Å². The average molecular weight is 342 g/mol. The summed E-state index contributed by atoms with van der Waals surface area (Å²) in [4.78, 5) is 15.7. The SMILES string of the molecule is CCc1ccc(C(=O)NC(C2CCNCC2)C2CC(O)C2)[nH]1.Cl. The molecule has 23 heavy (non-hydrogen) atoms. The minimum Gasteiger partial charge on any atom is -0.393 e. The lowest BCUT2D eigenvalue weighted by Crippen LogP contribution is -2.52. The molecule has 1 amide bonds. The lowest BCUT2D eigenvalue weighted by atomic mass is 9.71. The number of halogens is 1. The van der Waals surface area contributed by atoms with Crippen LogP contribution in [0.2, 0.25) is 0 Å². The Bertz CT molecular complexity index is 508. The number of aliphatic hydroxyl groups is 1. The van der Waals surface area contributed by atoms with Gasteiger partial charge in [-0.05, 0) is 69.2 Å². The van der Waals surface area contributed by atoms with Crippen molar-refractivity contribution in [2.75, 3.05) is 13.1 Å². The fourth-order valence-electron chi connectivity index (χ4n) is 3.76. The Labute approximate surface area is 144 Å². The summed E-state index contributed by atoms with van der Waals surface area (Å²) in [5.41, 5.74) is 1.73. The van der Waals surface area contributed by atoms with E-state index in [2.05, 4.69) is 22.5 Å². The predicted molar refractivity (Wildman–Crippen MR) is 93.0 cm³/mol. The number of hydrogen-bond donors (Lipinski definition) is 4. The second kappa shape index (κ2) is 8.18. The molecule has 1 aromatic heterocycles. The predicted octanol–water partition coefficient (Wildman–Crippen LogP) is 1.87. The van der Waals surface area contributed by atoms with E-state index in [1.54, 1.807) is 0 Å². The van der Waals surface area contributed by atoms with E-state index in [1.165, 1.54) is 0 Å². The Morgan fingerprint density at radius 1 is 1.30 bits per heavy atom. The molecule has 1 aliphatic carbocycles. The number of aliphatic hydroxyl groups excluding tert-OH is 1. The van der Waals surface area contributed by atoms with Crippen LogP contribution in [-0.2, 0) is 6.42 Å². The van der Waals surface area contributed by atoms with E-state index in [0.29, 0.717) is 17.5 Å². The molecule has 130 valence electrons. The van der Waals surface area contributed by atoms with Crippen molar-refractivity contribution in [2.24, 2.45) is 11.8 Å². The Morgan fingerprint density at radius 3 is 2.57 bits per heavy atom. The van der Waals surface area contributed by atoms with Gasteiger partial charge in [-0.25, -0.2) is 0 Å². The van der Waals surface area contributed by atoms with E-state index >= 15 is 0 Å². The van der Waals surface area contributed by atoms with Gasteiger partial charge in [0.25, 0.3) is 5.91 Å². The first-order valence-corrected chi connectivity index (χ1v) is 8.55. The van der Waals surface area contributed by atoms with Gasteiger partial charge < -0.3 is 20.7 Å². The Hall–Kier alpha value is -1.04. The fourth-order valence-corrected chi connectivity index (χ4v) is 3.76. The third kappa shape index (κ3) is 4.28. The highest BCUT2D eigenvalue weighted by molar-refractivity contribution is 5.92. The van der Waals surface area contributed by atoms with Crippen LogP contribution in [0.4, 0.5) is 0 Å². The van der Waals surface area contributed by atoms with Gasteiger partial charge in [0.15, 0.2) is 0 Å². The molecule has 1 saturated heterocycles. The molecule has 1 aromatic rings. The van der Waals surface area contributed by atoms with Gasteiger partial charge in [-0.15, -0.1) is 12.4 Å². The number of piperidine rings is 1. The fraction of sp³-hybridized carbons (Fsp3) is 0.706. The second-order valence-corrected chi connectivity index (χ2v) is 6.72. The van der Waals surface area contributed by atoms with E-state index in [-0.39, 0.29) is 30.5 Å². The monoisotopic (exact) mass is 341 g/mol. The zero-order chi connectivity index (χ0) is 15.5. The summed E-state index contributed by atoms with van der Waals surface area (Å²) in [5, 5.41) is 16.3. The average Bonchev–Trinajstić information content (AvgIpc) is 3.00. The Morgan fingerprint density at radius 2 is 2.00 bits per heavy atom. The summed E-state index contributed by atoms with van der Waals surface area (Å²) in [5.74, 6) is 0.926. The van der Waals surface area contributed by atoms with Gasteiger partial charge >= 0.3 is 0 Å². The van der Waals surface area contributed by atoms with Crippen molar-refractivity contribution in [3.8, 4) is 0 Å². The number of aromatic nitrogens is 1. The van der Waals surface area contributed by atoms with Crippen LogP contribution < -0.4 is 10.6 Å². The van der Waals surface area contributed by atoms with Crippen LogP contribution >= 0.6 is 12.4 Å². The minimum absolute atomic E-state index is 0. The van der Waals surface area contributed by atoms with Crippen molar-refractivity contribution in [1.29, 1.82) is 0 Å². The van der Waals surface area contributed by atoms with Gasteiger partial charge in [-0.1, -0.05) is 6.92 Å². The van der Waals surface area contributed by atoms with Gasteiger partial charge in [0.1, 0.15) is 5.69 Å². The molecule has 2 fully saturated rings. The van der Waals surface area contributed by atoms with Crippen LogP contribution in [-0.4, -0.2) is 41.2 Å². The zero-order valence-electron chi connectivity index (χ0n) is 13.7. The Balaban J connectivity index is 0.00000192. The highest BCUT2D eigenvalue weighted by Crippen LogP contribution is 2.35. The molecule has 1 saturated carbocycles. The van der Waals surface area contributed by atoms with Crippen molar-refractivity contribution >= 4 is 18.3 Å². The van der Waals surface area contributed by atoms with Crippen molar-refractivity contribution in [2.45, 2.75) is 51.2 Å². The molecule has 4 N–H and O–H groups in total. The van der Waals surface area contributed by atoms with Gasteiger partial charge in [-0.2, -0.15) is 0 Å². The quantitative estimate of drug-likeness (QED) is 0.660. The molecular weight excluding hydrogens is 314 g/mol. The van der Waals surface area contributed by atoms with E-state index in [1.807, 2.05) is 12.1 Å². The molecule has 1 unspecified atom stereocenters. The molecule has 2 aliphatic rings. The minimum atomic E-state index is -0.178. The molecule has 2 heterocycles. The third-order valence-electron chi connectivity index (χ3n) is 5.22. The topological polar surface area (TPSA) is 77.2 Å². The highest BCUT2D eigenvalue weighted by atomic mass is 35.5. The van der Waals surface area contributed by atoms with Gasteiger partial charge in [0, 0.05) is 11.7 Å². The van der Waals surface area contributed by atoms with Crippen LogP contribution in [0.5, 0.6) is 0 Å². The molecular formula is C17H28ClN3O2. The molecule has 5 nitrogen and oxygen atoms in total.